The molecule has 0 spiro atoms. The number of benzene rings is 1. The molecule has 13 unspecified atom stereocenters. The molecule has 1 heterocycles. The molecule has 0 aliphatic carbocycles. The average molecular weight is 1330 g/mol. The first kappa shape index (κ1) is 79.2. The van der Waals surface area contributed by atoms with E-state index < -0.39 is 162 Å². The number of hydrogen-bond acceptors (Lipinski definition) is 19. The van der Waals surface area contributed by atoms with Crippen LogP contribution in [-0.4, -0.2) is 213 Å². The summed E-state index contributed by atoms with van der Waals surface area (Å²) in [7, 11) is 2.65. The minimum absolute atomic E-state index is 0.00588. The van der Waals surface area contributed by atoms with Gasteiger partial charge in [-0.2, -0.15) is 11.8 Å². The third-order valence-electron chi connectivity index (χ3n) is 14.4. The zero-order valence-electron chi connectivity index (χ0n) is 52.3. The molecule has 1 aromatic carbocycles. The molecule has 33 heteroatoms. The van der Waals surface area contributed by atoms with E-state index in [0.29, 0.717) is 42.9 Å². The van der Waals surface area contributed by atoms with Crippen LogP contribution in [0, 0.1) is 5.92 Å². The predicted octanol–water partition coefficient (Wildman–Crippen LogP) is -2.90. The Hall–Kier alpha value is -6.94. The van der Waals surface area contributed by atoms with Crippen LogP contribution in [0.15, 0.2) is 35.3 Å². The van der Waals surface area contributed by atoms with Gasteiger partial charge in [-0.15, -0.1) is 0 Å². The number of aliphatic hydroxyl groups excluding tert-OH is 2. The molecule has 0 bridgehead atoms. The van der Waals surface area contributed by atoms with Gasteiger partial charge in [-0.05, 0) is 82.8 Å². The number of rotatable bonds is 43. The maximum Gasteiger partial charge on any atom is 0.326 e. The van der Waals surface area contributed by atoms with Gasteiger partial charge in [0.1, 0.15) is 54.4 Å². The highest BCUT2D eigenvalue weighted by atomic mass is 33.1. The Morgan fingerprint density at radius 1 is 0.644 bits per heavy atom. The monoisotopic (exact) mass is 1330 g/mol. The fourth-order valence-corrected chi connectivity index (χ4v) is 11.9. The maximum absolute atomic E-state index is 14.3. The van der Waals surface area contributed by atoms with Crippen molar-refractivity contribution in [2.45, 2.75) is 191 Å². The number of carboxylic acids is 1. The molecule has 0 saturated carbocycles. The number of primary amides is 1. The topological polar surface area (TPSA) is 493 Å². The number of thioether (sulfide) groups is 1. The molecule has 1 aliphatic heterocycles. The van der Waals surface area contributed by atoms with Crippen LogP contribution in [0.1, 0.15) is 118 Å². The number of nitrogens with one attached hydrogen (secondary N) is 9. The third-order valence-corrected chi connectivity index (χ3v) is 17.5. The van der Waals surface area contributed by atoms with Gasteiger partial charge in [0.25, 0.3) is 0 Å². The number of likely N-dealkylation sites (tertiary alicyclic amines) is 1. The number of amides is 11. The van der Waals surface area contributed by atoms with Crippen molar-refractivity contribution in [1.29, 1.82) is 0 Å². The minimum Gasteiger partial charge on any atom is -0.480 e. The van der Waals surface area contributed by atoms with E-state index >= 15 is 0 Å². The van der Waals surface area contributed by atoms with E-state index in [0.717, 1.165) is 39.5 Å². The fraction of sp³-hybridized carbons (Fsp3) is 0.667. The van der Waals surface area contributed by atoms with Gasteiger partial charge in [-0.1, -0.05) is 98.4 Å². The number of hydrogen-bond donors (Lipinski definition) is 16. The summed E-state index contributed by atoms with van der Waals surface area (Å²) >= 11 is 1.36. The van der Waals surface area contributed by atoms with E-state index in [-0.39, 0.29) is 43.9 Å². The summed E-state index contributed by atoms with van der Waals surface area (Å²) < 4.78 is 0. The highest BCUT2D eigenvalue weighted by Crippen LogP contribution is 2.25. The van der Waals surface area contributed by atoms with Crippen molar-refractivity contribution in [2.75, 3.05) is 43.1 Å². The number of guanidine groups is 1. The van der Waals surface area contributed by atoms with Gasteiger partial charge in [0.15, 0.2) is 5.96 Å². The van der Waals surface area contributed by atoms with Crippen molar-refractivity contribution >= 4 is 110 Å². The molecule has 1 aromatic rings. The number of aliphatic imine (C=N–C) groups is 1. The van der Waals surface area contributed by atoms with Crippen LogP contribution in [0.2, 0.25) is 0 Å². The van der Waals surface area contributed by atoms with Crippen LogP contribution in [0.3, 0.4) is 0 Å². The molecule has 1 saturated heterocycles. The number of nitrogens with two attached hydrogens (primary N) is 4. The standard InChI is InChI=1S/C57H95N15O15S3/c1-8-10-11-15-25-89-90-30-40(50(80)70-46(34(6)74)54(84)71-45(33(5)73)53(83)67-39(56(86)87)28-42(59)75)68-52(82)44(31(3)9-2)69-43(76)29-63-47(77)37(22-26-88-7)65-48(78)36(20-16-23-62-57(60)61)64-49(79)38(27-35-18-13-12-14-19-35)66-51(81)41-21-17-24-72(41)55(85)32(4)58/h12-14,18-19,31-34,36-41,44-46,73-74H,8-11,15-17,20-30,58H2,1-7H3,(H2,59,75)(H,63,77)(H,64,79)(H,65,78)(H,66,81)(H,67,83)(H,68,82)(H,69,76)(H,70,80)(H,71,84)(H,86,87)(H4,60,61,62). The second-order valence-corrected chi connectivity index (χ2v) is 25.6. The van der Waals surface area contributed by atoms with Crippen LogP contribution in [0.4, 0.5) is 0 Å². The van der Waals surface area contributed by atoms with Gasteiger partial charge in [0.05, 0.1) is 31.2 Å². The normalized spacial score (nSPS) is 16.8. The highest BCUT2D eigenvalue weighted by molar-refractivity contribution is 8.76. The van der Waals surface area contributed by atoms with Gasteiger partial charge < -0.3 is 91.0 Å². The first-order valence-electron chi connectivity index (χ1n) is 30.0. The number of unbranched alkanes of at least 4 members (excludes halogenated alkanes) is 3. The van der Waals surface area contributed by atoms with E-state index in [1.165, 1.54) is 45.2 Å². The summed E-state index contributed by atoms with van der Waals surface area (Å²) in [5.74, 6) is -11.0. The molecule has 506 valence electrons. The molecule has 30 nitrogen and oxygen atoms in total. The molecular formula is C57H95N15O15S3. The van der Waals surface area contributed by atoms with Gasteiger partial charge >= 0.3 is 5.97 Å². The van der Waals surface area contributed by atoms with Crippen molar-refractivity contribution in [3.63, 3.8) is 0 Å². The lowest BCUT2D eigenvalue weighted by molar-refractivity contribution is -0.144. The van der Waals surface area contributed by atoms with Gasteiger partial charge in [0, 0.05) is 31.0 Å². The number of aliphatic hydroxyl groups is 2. The van der Waals surface area contributed by atoms with Crippen molar-refractivity contribution in [3.05, 3.63) is 35.9 Å². The van der Waals surface area contributed by atoms with E-state index in [4.69, 9.17) is 22.9 Å². The molecule has 90 heavy (non-hydrogen) atoms. The van der Waals surface area contributed by atoms with Crippen molar-refractivity contribution in [3.8, 4) is 0 Å². The summed E-state index contributed by atoms with van der Waals surface area (Å²) in [5, 5.41) is 53.3. The van der Waals surface area contributed by atoms with Crippen LogP contribution in [0.5, 0.6) is 0 Å². The first-order valence-corrected chi connectivity index (χ1v) is 33.9. The molecule has 2 rings (SSSR count). The van der Waals surface area contributed by atoms with E-state index in [1.54, 1.807) is 50.4 Å². The van der Waals surface area contributed by atoms with E-state index in [1.807, 2.05) is 5.32 Å². The number of carbonyl (C=O) groups is 12. The maximum atomic E-state index is 14.3. The summed E-state index contributed by atoms with van der Waals surface area (Å²) in [4.78, 5) is 167. The van der Waals surface area contributed by atoms with E-state index in [9.17, 15) is 72.9 Å². The van der Waals surface area contributed by atoms with Crippen LogP contribution in [0.25, 0.3) is 0 Å². The minimum atomic E-state index is -1.86. The lowest BCUT2D eigenvalue weighted by Crippen LogP contribution is -2.63. The van der Waals surface area contributed by atoms with Gasteiger partial charge in [-0.25, -0.2) is 4.79 Å². The van der Waals surface area contributed by atoms with Crippen LogP contribution < -0.4 is 70.8 Å². The zero-order chi connectivity index (χ0) is 67.6. The Bertz CT molecular complexity index is 2570. The Morgan fingerprint density at radius 3 is 1.78 bits per heavy atom. The fourth-order valence-electron chi connectivity index (χ4n) is 9.11. The van der Waals surface area contributed by atoms with Crippen molar-refractivity contribution in [1.82, 2.24) is 52.8 Å². The predicted molar refractivity (Wildman–Crippen MR) is 343 cm³/mol. The molecule has 1 aliphatic rings. The third kappa shape index (κ3) is 28.9. The lowest BCUT2D eigenvalue weighted by atomic mass is 9.98. The van der Waals surface area contributed by atoms with Crippen molar-refractivity contribution < 1.29 is 72.9 Å². The molecule has 11 amide bonds. The Balaban J connectivity index is 2.39. The van der Waals surface area contributed by atoms with Crippen molar-refractivity contribution in [2.24, 2.45) is 33.8 Å². The van der Waals surface area contributed by atoms with Gasteiger partial charge in [-0.3, -0.25) is 57.7 Å². The second kappa shape index (κ2) is 42.2. The molecular weight excluding hydrogens is 1230 g/mol. The number of carboxylic acid groups (broad SMARTS) is 1. The molecule has 20 N–H and O–H groups in total. The Morgan fingerprint density at radius 2 is 1.21 bits per heavy atom. The molecule has 0 aromatic heterocycles. The number of nitrogens with zero attached hydrogens (tertiary/aromatic N) is 2. The summed E-state index contributed by atoms with van der Waals surface area (Å²) in [6.07, 6.45) is 2.80. The lowest BCUT2D eigenvalue weighted by Gasteiger charge is -2.29. The summed E-state index contributed by atoms with van der Waals surface area (Å²) in [5.41, 5.74) is 22.8. The summed E-state index contributed by atoms with van der Waals surface area (Å²) in [6, 6.07) is -5.10. The highest BCUT2D eigenvalue weighted by Gasteiger charge is 2.40. The second-order valence-electron chi connectivity index (χ2n) is 22.0. The molecule has 1 fully saturated rings. The Kier molecular flexibility index (Phi) is 37.1. The van der Waals surface area contributed by atoms with Crippen LogP contribution >= 0.6 is 33.3 Å². The SMILES string of the molecule is CCCCCCSSCC(NC(=O)C(NC(=O)CNC(=O)C(CCSC)NC(=O)C(CCCN=C(N)N)NC(=O)C(Cc1ccccc1)NC(=O)C1CCCN1C(=O)C(C)N)C(C)CC)C(=O)NC(C(=O)NC(C(=O)NC(CC(N)=O)C(=O)O)C(C)O)C(C)O. The van der Waals surface area contributed by atoms with Crippen LogP contribution in [-0.2, 0) is 64.0 Å². The largest absolute Gasteiger partial charge is 0.480 e. The Labute approximate surface area is 537 Å². The number of carbonyl (C=O) groups excluding carboxylic acids is 11. The number of aliphatic carboxylic acids is 1. The zero-order valence-corrected chi connectivity index (χ0v) is 54.7. The van der Waals surface area contributed by atoms with Gasteiger partial charge in [0.2, 0.25) is 65.0 Å². The molecule has 13 atom stereocenters. The molecule has 0 radical (unpaired) electrons. The summed E-state index contributed by atoms with van der Waals surface area (Å²) in [6.45, 7) is 8.86. The average Bonchev–Trinajstić information content (AvgIpc) is 1.69. The first-order chi connectivity index (χ1) is 42.6. The smallest absolute Gasteiger partial charge is 0.326 e. The van der Waals surface area contributed by atoms with E-state index in [2.05, 4.69) is 54.5 Å². The quantitative estimate of drug-likeness (QED) is 0.0135.